The fourth-order valence-electron chi connectivity index (χ4n) is 1.47. The molecule has 0 fully saturated rings. The lowest BCUT2D eigenvalue weighted by Crippen LogP contribution is -2.34. The molecular weight excluding hydrogens is 194 g/mol. The topological polar surface area (TPSA) is 47.6 Å². The van der Waals surface area contributed by atoms with E-state index in [0.717, 1.165) is 0 Å². The largest absolute Gasteiger partial charge is 0.490 e. The van der Waals surface area contributed by atoms with Gasteiger partial charge in [0.05, 0.1) is 12.3 Å². The molecule has 1 unspecified atom stereocenters. The summed E-state index contributed by atoms with van der Waals surface area (Å²) in [5, 5.41) is 2.76. The van der Waals surface area contributed by atoms with Crippen LogP contribution in [0.5, 0.6) is 11.5 Å². The molecule has 1 aliphatic heterocycles. The molecule has 1 atom stereocenters. The monoisotopic (exact) mass is 207 g/mol. The van der Waals surface area contributed by atoms with Crippen molar-refractivity contribution in [1.82, 2.24) is 0 Å². The summed E-state index contributed by atoms with van der Waals surface area (Å²) < 4.78 is 10.9. The zero-order chi connectivity index (χ0) is 10.8. The van der Waals surface area contributed by atoms with Gasteiger partial charge in [0.25, 0.3) is 5.91 Å². The average molecular weight is 207 g/mol. The molecule has 0 radical (unpaired) electrons. The van der Waals surface area contributed by atoms with Gasteiger partial charge in [0, 0.05) is 0 Å². The molecule has 1 heterocycles. The van der Waals surface area contributed by atoms with Crippen molar-refractivity contribution in [3.05, 3.63) is 18.2 Å². The van der Waals surface area contributed by atoms with Crippen molar-refractivity contribution in [2.24, 2.45) is 0 Å². The number of anilines is 1. The van der Waals surface area contributed by atoms with E-state index in [2.05, 4.69) is 5.32 Å². The zero-order valence-corrected chi connectivity index (χ0v) is 8.74. The van der Waals surface area contributed by atoms with Crippen LogP contribution in [0, 0.1) is 0 Å². The fraction of sp³-hybridized carbons (Fsp3) is 0.364. The summed E-state index contributed by atoms with van der Waals surface area (Å²) in [6, 6.07) is 5.44. The van der Waals surface area contributed by atoms with Crippen LogP contribution in [0.3, 0.4) is 0 Å². The molecule has 0 bridgehead atoms. The number of benzene rings is 1. The van der Waals surface area contributed by atoms with Crippen LogP contribution >= 0.6 is 0 Å². The molecule has 4 heteroatoms. The minimum absolute atomic E-state index is 0.129. The number of hydrogen-bond donors (Lipinski definition) is 1. The predicted octanol–water partition coefficient (Wildman–Crippen LogP) is 1.80. The maximum Gasteiger partial charge on any atom is 0.265 e. The van der Waals surface area contributed by atoms with Crippen LogP contribution in [0.4, 0.5) is 5.69 Å². The number of nitrogens with one attached hydrogen (secondary N) is 1. The molecule has 1 amide bonds. The fourth-order valence-corrected chi connectivity index (χ4v) is 1.47. The molecule has 0 saturated carbocycles. The van der Waals surface area contributed by atoms with Gasteiger partial charge in [-0.05, 0) is 26.0 Å². The van der Waals surface area contributed by atoms with Crippen molar-refractivity contribution < 1.29 is 14.3 Å². The highest BCUT2D eigenvalue weighted by atomic mass is 16.5. The van der Waals surface area contributed by atoms with E-state index in [1.165, 1.54) is 0 Å². The summed E-state index contributed by atoms with van der Waals surface area (Å²) >= 11 is 0. The highest BCUT2D eigenvalue weighted by Crippen LogP contribution is 2.38. The number of ether oxygens (including phenoxy) is 2. The summed E-state index contributed by atoms with van der Waals surface area (Å²) in [6.07, 6.45) is -0.473. The zero-order valence-electron chi connectivity index (χ0n) is 8.74. The van der Waals surface area contributed by atoms with E-state index in [9.17, 15) is 4.79 Å². The van der Waals surface area contributed by atoms with Gasteiger partial charge in [-0.3, -0.25) is 4.79 Å². The van der Waals surface area contributed by atoms with Gasteiger partial charge < -0.3 is 14.8 Å². The van der Waals surface area contributed by atoms with Crippen molar-refractivity contribution in [2.75, 3.05) is 11.9 Å². The molecule has 0 aliphatic carbocycles. The first kappa shape index (κ1) is 9.83. The van der Waals surface area contributed by atoms with Crippen LogP contribution in [0.15, 0.2) is 18.2 Å². The summed E-state index contributed by atoms with van der Waals surface area (Å²) in [5.74, 6) is 1.16. The standard InChI is InChI=1S/C11H13NO3/c1-3-14-9-6-4-5-8-10(9)15-7(2)11(13)12-8/h4-7H,3H2,1-2H3,(H,12,13). The Hall–Kier alpha value is -1.71. The van der Waals surface area contributed by atoms with Gasteiger partial charge in [-0.1, -0.05) is 6.07 Å². The van der Waals surface area contributed by atoms with Crippen LogP contribution in [-0.2, 0) is 4.79 Å². The summed E-state index contributed by atoms with van der Waals surface area (Å²) in [5.41, 5.74) is 0.670. The molecule has 1 aliphatic rings. The molecular formula is C11H13NO3. The second kappa shape index (κ2) is 3.81. The smallest absolute Gasteiger partial charge is 0.265 e. The second-order valence-electron chi connectivity index (χ2n) is 3.32. The van der Waals surface area contributed by atoms with Gasteiger partial charge >= 0.3 is 0 Å². The Morgan fingerprint density at radius 3 is 3.07 bits per heavy atom. The van der Waals surface area contributed by atoms with Gasteiger partial charge in [-0.2, -0.15) is 0 Å². The Morgan fingerprint density at radius 2 is 2.33 bits per heavy atom. The van der Waals surface area contributed by atoms with Crippen molar-refractivity contribution in [3.63, 3.8) is 0 Å². The van der Waals surface area contributed by atoms with E-state index in [1.54, 1.807) is 13.0 Å². The quantitative estimate of drug-likeness (QED) is 0.804. The van der Waals surface area contributed by atoms with Crippen LogP contribution in [-0.4, -0.2) is 18.6 Å². The number of fused-ring (bicyclic) bond motifs is 1. The SMILES string of the molecule is CCOc1cccc2c1OC(C)C(=O)N2. The van der Waals surface area contributed by atoms with Crippen LogP contribution < -0.4 is 14.8 Å². The minimum atomic E-state index is -0.473. The molecule has 0 saturated heterocycles. The predicted molar refractivity (Wildman–Crippen MR) is 56.3 cm³/mol. The third kappa shape index (κ3) is 1.75. The molecule has 1 N–H and O–H groups in total. The summed E-state index contributed by atoms with van der Waals surface area (Å²) in [7, 11) is 0. The highest BCUT2D eigenvalue weighted by Gasteiger charge is 2.25. The van der Waals surface area contributed by atoms with E-state index in [4.69, 9.17) is 9.47 Å². The van der Waals surface area contributed by atoms with Gasteiger partial charge in [-0.15, -0.1) is 0 Å². The first-order chi connectivity index (χ1) is 7.22. The number of carbonyl (C=O) groups is 1. The lowest BCUT2D eigenvalue weighted by Gasteiger charge is -2.24. The van der Waals surface area contributed by atoms with Gasteiger partial charge in [0.1, 0.15) is 0 Å². The van der Waals surface area contributed by atoms with Crippen molar-refractivity contribution >= 4 is 11.6 Å². The molecule has 0 aromatic heterocycles. The van der Waals surface area contributed by atoms with Gasteiger partial charge in [-0.25, -0.2) is 0 Å². The first-order valence-electron chi connectivity index (χ1n) is 4.95. The van der Waals surface area contributed by atoms with Gasteiger partial charge in [0.2, 0.25) is 0 Å². The van der Waals surface area contributed by atoms with Crippen LogP contribution in [0.2, 0.25) is 0 Å². The third-order valence-electron chi connectivity index (χ3n) is 2.20. The number of para-hydroxylation sites is 1. The molecule has 1 aromatic carbocycles. The highest BCUT2D eigenvalue weighted by molar-refractivity contribution is 5.98. The maximum absolute atomic E-state index is 11.3. The Kier molecular flexibility index (Phi) is 2.49. The number of rotatable bonds is 2. The third-order valence-corrected chi connectivity index (χ3v) is 2.20. The molecule has 4 nitrogen and oxygen atoms in total. The molecule has 80 valence electrons. The van der Waals surface area contributed by atoms with Crippen molar-refractivity contribution in [3.8, 4) is 11.5 Å². The minimum Gasteiger partial charge on any atom is -0.490 e. The lowest BCUT2D eigenvalue weighted by molar-refractivity contribution is -0.122. The normalized spacial score (nSPS) is 18.8. The Bertz CT molecular complexity index is 389. The number of carbonyl (C=O) groups excluding carboxylic acids is 1. The maximum atomic E-state index is 11.3. The van der Waals surface area contributed by atoms with E-state index < -0.39 is 6.10 Å². The van der Waals surface area contributed by atoms with E-state index >= 15 is 0 Å². The van der Waals surface area contributed by atoms with E-state index in [0.29, 0.717) is 23.8 Å². The van der Waals surface area contributed by atoms with Gasteiger partial charge in [0.15, 0.2) is 17.6 Å². The second-order valence-corrected chi connectivity index (χ2v) is 3.32. The van der Waals surface area contributed by atoms with E-state index in [-0.39, 0.29) is 5.91 Å². The molecule has 1 aromatic rings. The van der Waals surface area contributed by atoms with Crippen LogP contribution in [0.25, 0.3) is 0 Å². The summed E-state index contributed by atoms with van der Waals surface area (Å²) in [4.78, 5) is 11.3. The molecule has 0 spiro atoms. The lowest BCUT2D eigenvalue weighted by atomic mass is 10.2. The molecule has 15 heavy (non-hydrogen) atoms. The number of amides is 1. The molecule has 2 rings (SSSR count). The number of hydrogen-bond acceptors (Lipinski definition) is 3. The van der Waals surface area contributed by atoms with Crippen molar-refractivity contribution in [2.45, 2.75) is 20.0 Å². The Labute approximate surface area is 88.2 Å². The van der Waals surface area contributed by atoms with E-state index in [1.807, 2.05) is 19.1 Å². The first-order valence-corrected chi connectivity index (χ1v) is 4.95. The Morgan fingerprint density at radius 1 is 1.53 bits per heavy atom. The average Bonchev–Trinajstić information content (AvgIpc) is 2.21. The van der Waals surface area contributed by atoms with Crippen molar-refractivity contribution in [1.29, 1.82) is 0 Å². The van der Waals surface area contributed by atoms with Crippen LogP contribution in [0.1, 0.15) is 13.8 Å². The Balaban J connectivity index is 2.38. The summed E-state index contributed by atoms with van der Waals surface area (Å²) in [6.45, 7) is 4.19.